The average molecular weight is 270 g/mol. The third-order valence-electron chi connectivity index (χ3n) is 3.64. The van der Waals surface area contributed by atoms with Crippen LogP contribution < -0.4 is 4.74 Å². The number of carbonyl (C=O) groups is 1. The average Bonchev–Trinajstić information content (AvgIpc) is 2.49. The molecule has 1 aliphatic rings. The molecule has 20 heavy (non-hydrogen) atoms. The standard InChI is InChI=1S/C17H15FO2/c18-16-9-12(11-19)5-8-17(16)20-15-7-6-13-3-1-2-4-14(13)10-15/h5-11H,1-4H2. The first-order chi connectivity index (χ1) is 9.76. The lowest BCUT2D eigenvalue weighted by Crippen LogP contribution is -2.02. The lowest BCUT2D eigenvalue weighted by Gasteiger charge is -2.16. The summed E-state index contributed by atoms with van der Waals surface area (Å²) in [7, 11) is 0. The Kier molecular flexibility index (Phi) is 3.50. The molecule has 3 rings (SSSR count). The highest BCUT2D eigenvalue weighted by atomic mass is 19.1. The third kappa shape index (κ3) is 2.57. The van der Waals surface area contributed by atoms with E-state index < -0.39 is 5.82 Å². The van der Waals surface area contributed by atoms with Crippen molar-refractivity contribution in [1.82, 2.24) is 0 Å². The van der Waals surface area contributed by atoms with Crippen molar-refractivity contribution in [3.05, 3.63) is 58.9 Å². The first-order valence-corrected chi connectivity index (χ1v) is 6.80. The van der Waals surface area contributed by atoms with E-state index in [2.05, 4.69) is 6.07 Å². The minimum absolute atomic E-state index is 0.145. The second-order valence-corrected chi connectivity index (χ2v) is 5.05. The lowest BCUT2D eigenvalue weighted by molar-refractivity contribution is 0.112. The molecule has 0 N–H and O–H groups in total. The number of carbonyl (C=O) groups excluding carboxylic acids is 1. The fourth-order valence-corrected chi connectivity index (χ4v) is 2.57. The predicted octanol–water partition coefficient (Wildman–Crippen LogP) is 4.31. The van der Waals surface area contributed by atoms with E-state index in [9.17, 15) is 9.18 Å². The van der Waals surface area contributed by atoms with Crippen LogP contribution in [0.3, 0.4) is 0 Å². The number of ether oxygens (including phenoxy) is 1. The minimum atomic E-state index is -0.521. The Bertz CT molecular complexity index is 649. The Morgan fingerprint density at radius 1 is 1.00 bits per heavy atom. The van der Waals surface area contributed by atoms with Gasteiger partial charge in [0.05, 0.1) is 0 Å². The summed E-state index contributed by atoms with van der Waals surface area (Å²) in [6, 6.07) is 10.1. The molecule has 0 spiro atoms. The van der Waals surface area contributed by atoms with Crippen LogP contribution >= 0.6 is 0 Å². The molecule has 0 saturated heterocycles. The normalized spacial score (nSPS) is 13.7. The van der Waals surface area contributed by atoms with E-state index in [4.69, 9.17) is 4.74 Å². The second-order valence-electron chi connectivity index (χ2n) is 5.05. The molecule has 2 aromatic carbocycles. The SMILES string of the molecule is O=Cc1ccc(Oc2ccc3c(c2)CCCC3)c(F)c1. The minimum Gasteiger partial charge on any atom is -0.454 e. The zero-order valence-electron chi connectivity index (χ0n) is 11.1. The molecule has 102 valence electrons. The van der Waals surface area contributed by atoms with Crippen LogP contribution in [-0.4, -0.2) is 6.29 Å². The van der Waals surface area contributed by atoms with E-state index in [1.54, 1.807) is 6.07 Å². The van der Waals surface area contributed by atoms with Crippen LogP contribution in [0.5, 0.6) is 11.5 Å². The number of halogens is 1. The van der Waals surface area contributed by atoms with Gasteiger partial charge in [-0.15, -0.1) is 0 Å². The van der Waals surface area contributed by atoms with E-state index >= 15 is 0 Å². The maximum absolute atomic E-state index is 13.8. The van der Waals surface area contributed by atoms with E-state index in [0.29, 0.717) is 17.6 Å². The van der Waals surface area contributed by atoms with Gasteiger partial charge in [0.25, 0.3) is 0 Å². The van der Waals surface area contributed by atoms with Gasteiger partial charge in [0.15, 0.2) is 11.6 Å². The molecule has 0 aromatic heterocycles. The molecule has 1 aliphatic carbocycles. The molecule has 0 bridgehead atoms. The fraction of sp³-hybridized carbons (Fsp3) is 0.235. The quantitative estimate of drug-likeness (QED) is 0.777. The Balaban J connectivity index is 1.86. The first-order valence-electron chi connectivity index (χ1n) is 6.80. The Labute approximate surface area is 117 Å². The van der Waals surface area contributed by atoms with Gasteiger partial charge in [-0.3, -0.25) is 4.79 Å². The summed E-state index contributed by atoms with van der Waals surface area (Å²) in [5, 5.41) is 0. The van der Waals surface area contributed by atoms with E-state index in [1.807, 2.05) is 12.1 Å². The smallest absolute Gasteiger partial charge is 0.166 e. The summed E-state index contributed by atoms with van der Waals surface area (Å²) in [6.07, 6.45) is 5.21. The molecule has 0 aliphatic heterocycles. The van der Waals surface area contributed by atoms with Crippen molar-refractivity contribution in [1.29, 1.82) is 0 Å². The number of benzene rings is 2. The summed E-state index contributed by atoms with van der Waals surface area (Å²) < 4.78 is 19.4. The van der Waals surface area contributed by atoms with Crippen LogP contribution in [0.4, 0.5) is 4.39 Å². The van der Waals surface area contributed by atoms with Crippen LogP contribution in [0.25, 0.3) is 0 Å². The first kappa shape index (κ1) is 12.9. The van der Waals surface area contributed by atoms with Gasteiger partial charge in [0.2, 0.25) is 0 Å². The van der Waals surface area contributed by atoms with Crippen LogP contribution in [0.1, 0.15) is 34.3 Å². The molecule has 0 fully saturated rings. The van der Waals surface area contributed by atoms with Gasteiger partial charge in [0, 0.05) is 5.56 Å². The number of hydrogen-bond donors (Lipinski definition) is 0. The summed E-state index contributed by atoms with van der Waals surface area (Å²) in [5.74, 6) is 0.266. The molecular formula is C17H15FO2. The maximum atomic E-state index is 13.8. The summed E-state index contributed by atoms with van der Waals surface area (Å²) in [5.41, 5.74) is 2.96. The Hall–Kier alpha value is -2.16. The monoisotopic (exact) mass is 270 g/mol. The summed E-state index contributed by atoms with van der Waals surface area (Å²) in [6.45, 7) is 0. The number of fused-ring (bicyclic) bond motifs is 1. The van der Waals surface area contributed by atoms with Crippen molar-refractivity contribution in [2.45, 2.75) is 25.7 Å². The number of hydrogen-bond acceptors (Lipinski definition) is 2. The van der Waals surface area contributed by atoms with Gasteiger partial charge in [-0.25, -0.2) is 4.39 Å². The largest absolute Gasteiger partial charge is 0.454 e. The van der Waals surface area contributed by atoms with E-state index in [-0.39, 0.29) is 5.75 Å². The zero-order chi connectivity index (χ0) is 13.9. The maximum Gasteiger partial charge on any atom is 0.166 e. The van der Waals surface area contributed by atoms with Gasteiger partial charge in [-0.1, -0.05) is 6.07 Å². The zero-order valence-corrected chi connectivity index (χ0v) is 11.1. The van der Waals surface area contributed by atoms with Gasteiger partial charge in [-0.05, 0) is 67.1 Å². The third-order valence-corrected chi connectivity index (χ3v) is 3.64. The summed E-state index contributed by atoms with van der Waals surface area (Å²) in [4.78, 5) is 10.6. The molecule has 3 heteroatoms. The van der Waals surface area contributed by atoms with E-state index in [0.717, 1.165) is 12.8 Å². The fourth-order valence-electron chi connectivity index (χ4n) is 2.57. The highest BCUT2D eigenvalue weighted by molar-refractivity contribution is 5.75. The molecule has 2 nitrogen and oxygen atoms in total. The Morgan fingerprint density at radius 2 is 1.80 bits per heavy atom. The van der Waals surface area contributed by atoms with Crippen molar-refractivity contribution in [2.75, 3.05) is 0 Å². The lowest BCUT2D eigenvalue weighted by atomic mass is 9.92. The van der Waals surface area contributed by atoms with Crippen molar-refractivity contribution in [3.8, 4) is 11.5 Å². The van der Waals surface area contributed by atoms with Gasteiger partial charge in [-0.2, -0.15) is 0 Å². The molecule has 0 atom stereocenters. The van der Waals surface area contributed by atoms with Crippen molar-refractivity contribution in [2.24, 2.45) is 0 Å². The molecular weight excluding hydrogens is 255 g/mol. The molecule has 0 amide bonds. The second kappa shape index (κ2) is 5.45. The van der Waals surface area contributed by atoms with Crippen LogP contribution in [-0.2, 0) is 12.8 Å². The highest BCUT2D eigenvalue weighted by Crippen LogP contribution is 2.29. The number of aldehydes is 1. The molecule has 0 radical (unpaired) electrons. The van der Waals surface area contributed by atoms with Crippen LogP contribution in [0.15, 0.2) is 36.4 Å². The molecule has 2 aromatic rings. The number of aryl methyl sites for hydroxylation is 2. The van der Waals surface area contributed by atoms with Gasteiger partial charge < -0.3 is 4.74 Å². The van der Waals surface area contributed by atoms with Crippen LogP contribution in [0, 0.1) is 5.82 Å². The highest BCUT2D eigenvalue weighted by Gasteiger charge is 2.11. The van der Waals surface area contributed by atoms with E-state index in [1.165, 1.54) is 36.1 Å². The topological polar surface area (TPSA) is 26.3 Å². The predicted molar refractivity (Wildman–Crippen MR) is 74.9 cm³/mol. The van der Waals surface area contributed by atoms with Crippen molar-refractivity contribution < 1.29 is 13.9 Å². The number of rotatable bonds is 3. The molecule has 0 saturated carbocycles. The van der Waals surface area contributed by atoms with Gasteiger partial charge in [0.1, 0.15) is 12.0 Å². The van der Waals surface area contributed by atoms with Crippen LogP contribution in [0.2, 0.25) is 0 Å². The van der Waals surface area contributed by atoms with Crippen molar-refractivity contribution in [3.63, 3.8) is 0 Å². The Morgan fingerprint density at radius 3 is 2.55 bits per heavy atom. The summed E-state index contributed by atoms with van der Waals surface area (Å²) >= 11 is 0. The van der Waals surface area contributed by atoms with Crippen molar-refractivity contribution >= 4 is 6.29 Å². The van der Waals surface area contributed by atoms with Gasteiger partial charge >= 0.3 is 0 Å². The molecule has 0 unspecified atom stereocenters. The molecule has 0 heterocycles.